The standard InChI is InChI=1S/C19H23N3O5/c1-11-13(9-22-6-5-20-18(23)19(22,2)3)21-17(27-11)12-7-14(24-4)16-15(8-12)25-10-26-16/h7-8H,5-6,9-10H2,1-4H3,(H,20,23). The highest BCUT2D eigenvalue weighted by molar-refractivity contribution is 5.86. The number of ether oxygens (including phenoxy) is 3. The van der Waals surface area contributed by atoms with Gasteiger partial charge in [0.25, 0.3) is 0 Å². The quantitative estimate of drug-likeness (QED) is 0.878. The van der Waals surface area contributed by atoms with Crippen molar-refractivity contribution in [2.24, 2.45) is 0 Å². The second kappa shape index (κ2) is 6.45. The average molecular weight is 373 g/mol. The number of aryl methyl sites for hydroxylation is 1. The molecule has 2 aliphatic rings. The van der Waals surface area contributed by atoms with Crippen molar-refractivity contribution in [3.05, 3.63) is 23.6 Å². The molecule has 1 aromatic carbocycles. The smallest absolute Gasteiger partial charge is 0.240 e. The molecule has 0 radical (unpaired) electrons. The van der Waals surface area contributed by atoms with Crippen LogP contribution in [0.15, 0.2) is 16.5 Å². The molecule has 2 aliphatic heterocycles. The summed E-state index contributed by atoms with van der Waals surface area (Å²) in [4.78, 5) is 19.0. The highest BCUT2D eigenvalue weighted by atomic mass is 16.7. The number of methoxy groups -OCH3 is 1. The van der Waals surface area contributed by atoms with Gasteiger partial charge in [-0.15, -0.1) is 0 Å². The Bertz CT molecular complexity index is 890. The lowest BCUT2D eigenvalue weighted by Crippen LogP contribution is -2.61. The van der Waals surface area contributed by atoms with Crippen molar-refractivity contribution in [1.29, 1.82) is 0 Å². The Kier molecular flexibility index (Phi) is 4.22. The van der Waals surface area contributed by atoms with E-state index in [4.69, 9.17) is 18.6 Å². The number of nitrogens with zero attached hydrogens (tertiary/aromatic N) is 2. The maximum atomic E-state index is 12.2. The van der Waals surface area contributed by atoms with E-state index in [1.54, 1.807) is 7.11 Å². The van der Waals surface area contributed by atoms with Gasteiger partial charge in [-0.25, -0.2) is 4.98 Å². The van der Waals surface area contributed by atoms with Crippen LogP contribution in [0.3, 0.4) is 0 Å². The van der Waals surface area contributed by atoms with E-state index < -0.39 is 5.54 Å². The first-order valence-corrected chi connectivity index (χ1v) is 8.88. The molecule has 3 heterocycles. The summed E-state index contributed by atoms with van der Waals surface area (Å²) in [5.74, 6) is 3.00. The molecule has 1 N–H and O–H groups in total. The first-order valence-electron chi connectivity index (χ1n) is 8.88. The minimum Gasteiger partial charge on any atom is -0.493 e. The summed E-state index contributed by atoms with van der Waals surface area (Å²) in [6, 6.07) is 3.65. The van der Waals surface area contributed by atoms with E-state index >= 15 is 0 Å². The number of piperazine rings is 1. The van der Waals surface area contributed by atoms with Crippen molar-refractivity contribution in [2.45, 2.75) is 32.9 Å². The molecule has 8 heteroatoms. The molecule has 4 rings (SSSR count). The number of fused-ring (bicyclic) bond motifs is 1. The summed E-state index contributed by atoms with van der Waals surface area (Å²) in [5, 5.41) is 2.91. The Hall–Kier alpha value is -2.74. The Morgan fingerprint density at radius 1 is 1.33 bits per heavy atom. The van der Waals surface area contributed by atoms with Crippen molar-refractivity contribution in [3.8, 4) is 28.7 Å². The van der Waals surface area contributed by atoms with Gasteiger partial charge in [-0.05, 0) is 32.9 Å². The van der Waals surface area contributed by atoms with Crippen LogP contribution in [-0.4, -0.2) is 48.3 Å². The minimum atomic E-state index is -0.591. The molecular weight excluding hydrogens is 350 g/mol. The largest absolute Gasteiger partial charge is 0.493 e. The molecule has 1 fully saturated rings. The van der Waals surface area contributed by atoms with Gasteiger partial charge in [0.15, 0.2) is 11.5 Å². The SMILES string of the molecule is COc1cc(-c2nc(CN3CCNC(=O)C3(C)C)c(C)o2)cc2c1OCO2. The molecule has 27 heavy (non-hydrogen) atoms. The lowest BCUT2D eigenvalue weighted by molar-refractivity contribution is -0.135. The molecule has 0 bridgehead atoms. The van der Waals surface area contributed by atoms with Gasteiger partial charge in [-0.2, -0.15) is 0 Å². The number of nitrogens with one attached hydrogen (secondary N) is 1. The normalized spacial score (nSPS) is 18.4. The van der Waals surface area contributed by atoms with Crippen LogP contribution >= 0.6 is 0 Å². The van der Waals surface area contributed by atoms with E-state index in [1.807, 2.05) is 32.9 Å². The summed E-state index contributed by atoms with van der Waals surface area (Å²) in [5.41, 5.74) is 0.969. The Balaban J connectivity index is 1.64. The number of carbonyl (C=O) groups is 1. The molecule has 1 aromatic heterocycles. The molecule has 1 saturated heterocycles. The third-order valence-electron chi connectivity index (χ3n) is 5.15. The fourth-order valence-corrected chi connectivity index (χ4v) is 3.35. The zero-order chi connectivity index (χ0) is 19.2. The predicted octanol–water partition coefficient (Wildman–Crippen LogP) is 2.10. The van der Waals surface area contributed by atoms with E-state index in [1.165, 1.54) is 0 Å². The molecule has 8 nitrogen and oxygen atoms in total. The van der Waals surface area contributed by atoms with Gasteiger partial charge in [0.05, 0.1) is 18.3 Å². The topological polar surface area (TPSA) is 86.1 Å². The summed E-state index contributed by atoms with van der Waals surface area (Å²) >= 11 is 0. The second-order valence-corrected chi connectivity index (χ2v) is 7.17. The zero-order valence-electron chi connectivity index (χ0n) is 15.9. The highest BCUT2D eigenvalue weighted by Gasteiger charge is 2.38. The van der Waals surface area contributed by atoms with Gasteiger partial charge in [-0.3, -0.25) is 9.69 Å². The van der Waals surface area contributed by atoms with Crippen LogP contribution in [0.1, 0.15) is 25.3 Å². The maximum Gasteiger partial charge on any atom is 0.240 e. The number of carbonyl (C=O) groups excluding carboxylic acids is 1. The van der Waals surface area contributed by atoms with Crippen molar-refractivity contribution < 1.29 is 23.4 Å². The van der Waals surface area contributed by atoms with E-state index in [2.05, 4.69) is 15.2 Å². The lowest BCUT2D eigenvalue weighted by atomic mass is 9.98. The molecule has 0 unspecified atom stereocenters. The summed E-state index contributed by atoms with van der Waals surface area (Å²) in [6.07, 6.45) is 0. The molecule has 0 atom stereocenters. The fraction of sp³-hybridized carbons (Fsp3) is 0.474. The van der Waals surface area contributed by atoms with Gasteiger partial charge in [0.2, 0.25) is 24.3 Å². The Morgan fingerprint density at radius 2 is 2.15 bits per heavy atom. The number of amides is 1. The number of oxazole rings is 1. The van der Waals surface area contributed by atoms with Crippen molar-refractivity contribution in [2.75, 3.05) is 27.0 Å². The fourth-order valence-electron chi connectivity index (χ4n) is 3.35. The highest BCUT2D eigenvalue weighted by Crippen LogP contribution is 2.44. The molecule has 2 aromatic rings. The predicted molar refractivity (Wildman–Crippen MR) is 96.8 cm³/mol. The van der Waals surface area contributed by atoms with Crippen LogP contribution in [0, 0.1) is 6.92 Å². The first kappa shape index (κ1) is 17.7. The third-order valence-corrected chi connectivity index (χ3v) is 5.15. The molecule has 1 amide bonds. The van der Waals surface area contributed by atoms with E-state index in [0.717, 1.165) is 23.6 Å². The van der Waals surface area contributed by atoms with E-state index in [-0.39, 0.29) is 12.7 Å². The van der Waals surface area contributed by atoms with E-state index in [9.17, 15) is 4.79 Å². The molecular formula is C19H23N3O5. The molecule has 144 valence electrons. The molecule has 0 spiro atoms. The third kappa shape index (κ3) is 2.99. The van der Waals surface area contributed by atoms with Gasteiger partial charge in [0, 0.05) is 25.2 Å². The lowest BCUT2D eigenvalue weighted by Gasteiger charge is -2.40. The van der Waals surface area contributed by atoms with Crippen LogP contribution in [0.4, 0.5) is 0 Å². The number of benzene rings is 1. The van der Waals surface area contributed by atoms with Crippen LogP contribution < -0.4 is 19.5 Å². The summed E-state index contributed by atoms with van der Waals surface area (Å²) in [6.45, 7) is 7.81. The first-order chi connectivity index (χ1) is 12.9. The van der Waals surface area contributed by atoms with Crippen LogP contribution in [0.25, 0.3) is 11.5 Å². The second-order valence-electron chi connectivity index (χ2n) is 7.17. The van der Waals surface area contributed by atoms with Crippen molar-refractivity contribution in [1.82, 2.24) is 15.2 Å². The number of hydrogen-bond donors (Lipinski definition) is 1. The minimum absolute atomic E-state index is 0.0237. The Labute approximate surface area is 157 Å². The van der Waals surface area contributed by atoms with Gasteiger partial charge >= 0.3 is 0 Å². The maximum absolute atomic E-state index is 12.2. The number of rotatable bonds is 4. The number of hydrogen-bond acceptors (Lipinski definition) is 7. The number of aromatic nitrogens is 1. The summed E-state index contributed by atoms with van der Waals surface area (Å²) < 4.78 is 22.2. The van der Waals surface area contributed by atoms with Gasteiger partial charge in [-0.1, -0.05) is 0 Å². The van der Waals surface area contributed by atoms with Crippen molar-refractivity contribution >= 4 is 5.91 Å². The van der Waals surface area contributed by atoms with Crippen LogP contribution in [0.2, 0.25) is 0 Å². The summed E-state index contributed by atoms with van der Waals surface area (Å²) in [7, 11) is 1.58. The molecule has 0 saturated carbocycles. The van der Waals surface area contributed by atoms with Gasteiger partial charge in [0.1, 0.15) is 5.76 Å². The van der Waals surface area contributed by atoms with E-state index in [0.29, 0.717) is 36.2 Å². The zero-order valence-corrected chi connectivity index (χ0v) is 15.9. The van der Waals surface area contributed by atoms with Gasteiger partial charge < -0.3 is 23.9 Å². The van der Waals surface area contributed by atoms with Crippen molar-refractivity contribution in [3.63, 3.8) is 0 Å². The Morgan fingerprint density at radius 3 is 2.93 bits per heavy atom. The van der Waals surface area contributed by atoms with Crippen LogP contribution in [-0.2, 0) is 11.3 Å². The monoisotopic (exact) mass is 373 g/mol. The molecule has 0 aliphatic carbocycles. The van der Waals surface area contributed by atoms with Crippen LogP contribution in [0.5, 0.6) is 17.2 Å². The average Bonchev–Trinajstić information content (AvgIpc) is 3.25.